The summed E-state index contributed by atoms with van der Waals surface area (Å²) in [7, 11) is 0. The van der Waals surface area contributed by atoms with Crippen LogP contribution < -0.4 is 11.5 Å². The van der Waals surface area contributed by atoms with E-state index in [1.54, 1.807) is 12.1 Å². The van der Waals surface area contributed by atoms with Crippen LogP contribution >= 0.6 is 24.0 Å². The summed E-state index contributed by atoms with van der Waals surface area (Å²) in [6.07, 6.45) is 1.65. The van der Waals surface area contributed by atoms with Crippen LogP contribution in [0.15, 0.2) is 18.2 Å². The van der Waals surface area contributed by atoms with Crippen LogP contribution in [-0.4, -0.2) is 6.54 Å². The fourth-order valence-electron chi connectivity index (χ4n) is 1.25. The lowest BCUT2D eigenvalue weighted by Gasteiger charge is -2.11. The summed E-state index contributed by atoms with van der Waals surface area (Å²) in [5.41, 5.74) is 12.1. The molecule has 0 aliphatic rings. The van der Waals surface area contributed by atoms with Gasteiger partial charge in [0.2, 0.25) is 0 Å². The molecule has 4 N–H and O–H groups in total. The lowest BCUT2D eigenvalue weighted by molar-refractivity contribution is 0.607. The second kappa shape index (κ2) is 7.01. The Morgan fingerprint density at radius 1 is 1.40 bits per heavy atom. The highest BCUT2D eigenvalue weighted by molar-refractivity contribution is 6.30. The Morgan fingerprint density at radius 3 is 2.60 bits per heavy atom. The van der Waals surface area contributed by atoms with E-state index in [9.17, 15) is 4.39 Å². The smallest absolute Gasteiger partial charge is 0.141 e. The summed E-state index contributed by atoms with van der Waals surface area (Å²) in [4.78, 5) is 0. The van der Waals surface area contributed by atoms with E-state index in [2.05, 4.69) is 0 Å². The standard InChI is InChI=1S/C10H14ClFN2.ClH/c11-8-6-7(3-4-9(8)12)10(14)2-1-5-13;/h3-4,6,10H,1-2,5,13-14H2;1H/t10-;/m1./s1. The van der Waals surface area contributed by atoms with Crippen molar-refractivity contribution in [2.24, 2.45) is 11.5 Å². The topological polar surface area (TPSA) is 52.0 Å². The molecule has 0 aromatic heterocycles. The van der Waals surface area contributed by atoms with Gasteiger partial charge in [0.15, 0.2) is 0 Å². The van der Waals surface area contributed by atoms with Crippen LogP contribution in [0, 0.1) is 5.82 Å². The van der Waals surface area contributed by atoms with E-state index < -0.39 is 5.82 Å². The molecule has 0 saturated carbocycles. The molecule has 0 unspecified atom stereocenters. The number of halogens is 3. The molecule has 0 fully saturated rings. The minimum atomic E-state index is -0.415. The zero-order valence-corrected chi connectivity index (χ0v) is 9.82. The Bertz CT molecular complexity index is 307. The molecule has 0 saturated heterocycles. The van der Waals surface area contributed by atoms with Gasteiger partial charge in [0.1, 0.15) is 5.82 Å². The molecule has 1 rings (SSSR count). The van der Waals surface area contributed by atoms with E-state index >= 15 is 0 Å². The Morgan fingerprint density at radius 2 is 2.07 bits per heavy atom. The summed E-state index contributed by atoms with van der Waals surface area (Å²) in [6.45, 7) is 0.614. The highest BCUT2D eigenvalue weighted by Gasteiger charge is 2.07. The average molecular weight is 253 g/mol. The second-order valence-electron chi connectivity index (χ2n) is 3.21. The number of nitrogens with two attached hydrogens (primary N) is 2. The molecule has 1 atom stereocenters. The molecule has 0 amide bonds. The number of rotatable bonds is 4. The third-order valence-electron chi connectivity index (χ3n) is 2.09. The Kier molecular flexibility index (Phi) is 6.85. The number of benzene rings is 1. The van der Waals surface area contributed by atoms with Gasteiger partial charge in [-0.1, -0.05) is 17.7 Å². The van der Waals surface area contributed by atoms with Crippen molar-refractivity contribution in [3.8, 4) is 0 Å². The second-order valence-corrected chi connectivity index (χ2v) is 3.62. The van der Waals surface area contributed by atoms with Crippen LogP contribution in [0.25, 0.3) is 0 Å². The average Bonchev–Trinajstić information content (AvgIpc) is 2.18. The zero-order valence-electron chi connectivity index (χ0n) is 8.25. The van der Waals surface area contributed by atoms with Gasteiger partial charge < -0.3 is 11.5 Å². The lowest BCUT2D eigenvalue weighted by Crippen LogP contribution is -2.12. The predicted octanol–water partition coefficient (Wildman–Crippen LogP) is 2.64. The molecule has 1 aromatic carbocycles. The summed E-state index contributed by atoms with van der Waals surface area (Å²) in [6, 6.07) is 4.44. The van der Waals surface area contributed by atoms with Gasteiger partial charge in [-0.25, -0.2) is 4.39 Å². The van der Waals surface area contributed by atoms with Crippen molar-refractivity contribution in [3.05, 3.63) is 34.6 Å². The minimum absolute atomic E-state index is 0. The molecule has 2 nitrogen and oxygen atoms in total. The van der Waals surface area contributed by atoms with Gasteiger partial charge in [0.25, 0.3) is 0 Å². The first-order valence-electron chi connectivity index (χ1n) is 4.55. The van der Waals surface area contributed by atoms with Crippen molar-refractivity contribution in [2.45, 2.75) is 18.9 Å². The summed E-state index contributed by atoms with van der Waals surface area (Å²) < 4.78 is 12.8. The molecule has 0 aliphatic carbocycles. The maximum absolute atomic E-state index is 12.8. The molecule has 0 heterocycles. The quantitative estimate of drug-likeness (QED) is 0.866. The first-order chi connectivity index (χ1) is 6.65. The van der Waals surface area contributed by atoms with Crippen molar-refractivity contribution in [1.29, 1.82) is 0 Å². The van der Waals surface area contributed by atoms with Crippen LogP contribution in [0.3, 0.4) is 0 Å². The maximum Gasteiger partial charge on any atom is 0.141 e. The van der Waals surface area contributed by atoms with Crippen molar-refractivity contribution in [3.63, 3.8) is 0 Å². The van der Waals surface area contributed by atoms with Crippen LogP contribution in [-0.2, 0) is 0 Å². The highest BCUT2D eigenvalue weighted by Crippen LogP contribution is 2.21. The summed E-state index contributed by atoms with van der Waals surface area (Å²) >= 11 is 5.64. The number of hydrogen-bond acceptors (Lipinski definition) is 2. The predicted molar refractivity (Wildman–Crippen MR) is 63.9 cm³/mol. The normalized spacial score (nSPS) is 12.0. The lowest BCUT2D eigenvalue weighted by atomic mass is 10.0. The molecule has 86 valence electrons. The van der Waals surface area contributed by atoms with E-state index in [4.69, 9.17) is 23.1 Å². The van der Waals surface area contributed by atoms with E-state index in [-0.39, 0.29) is 23.5 Å². The SMILES string of the molecule is Cl.NCCC[C@@H](N)c1ccc(F)c(Cl)c1. The molecule has 0 spiro atoms. The van der Waals surface area contributed by atoms with Crippen LogP contribution in [0.5, 0.6) is 0 Å². The van der Waals surface area contributed by atoms with Crippen molar-refractivity contribution in [1.82, 2.24) is 0 Å². The van der Waals surface area contributed by atoms with Crippen LogP contribution in [0.4, 0.5) is 4.39 Å². The molecule has 0 aliphatic heterocycles. The Balaban J connectivity index is 0.00000196. The van der Waals surface area contributed by atoms with Gasteiger partial charge in [-0.2, -0.15) is 0 Å². The van der Waals surface area contributed by atoms with Crippen LogP contribution in [0.1, 0.15) is 24.4 Å². The summed E-state index contributed by atoms with van der Waals surface area (Å²) in [5.74, 6) is -0.415. The molecular weight excluding hydrogens is 238 g/mol. The fraction of sp³-hybridized carbons (Fsp3) is 0.400. The van der Waals surface area contributed by atoms with Gasteiger partial charge in [-0.05, 0) is 37.1 Å². The molecular formula is C10H15Cl2FN2. The minimum Gasteiger partial charge on any atom is -0.330 e. The van der Waals surface area contributed by atoms with Gasteiger partial charge in [0, 0.05) is 6.04 Å². The van der Waals surface area contributed by atoms with Gasteiger partial charge in [0.05, 0.1) is 5.02 Å². The zero-order chi connectivity index (χ0) is 10.6. The van der Waals surface area contributed by atoms with Crippen molar-refractivity contribution >= 4 is 24.0 Å². The molecule has 0 bridgehead atoms. The fourth-order valence-corrected chi connectivity index (χ4v) is 1.44. The van der Waals surface area contributed by atoms with E-state index in [1.165, 1.54) is 6.07 Å². The molecule has 5 heteroatoms. The number of hydrogen-bond donors (Lipinski definition) is 2. The van der Waals surface area contributed by atoms with Crippen molar-refractivity contribution in [2.75, 3.05) is 6.54 Å². The van der Waals surface area contributed by atoms with Gasteiger partial charge >= 0.3 is 0 Å². The van der Waals surface area contributed by atoms with E-state index in [0.717, 1.165) is 18.4 Å². The van der Waals surface area contributed by atoms with Crippen LogP contribution in [0.2, 0.25) is 5.02 Å². The first-order valence-corrected chi connectivity index (χ1v) is 4.93. The highest BCUT2D eigenvalue weighted by atomic mass is 35.5. The maximum atomic E-state index is 12.8. The third kappa shape index (κ3) is 4.34. The first kappa shape index (κ1) is 14.6. The third-order valence-corrected chi connectivity index (χ3v) is 2.38. The molecule has 0 radical (unpaired) electrons. The van der Waals surface area contributed by atoms with Crippen molar-refractivity contribution < 1.29 is 4.39 Å². The Labute approximate surface area is 100 Å². The van der Waals surface area contributed by atoms with E-state index in [1.807, 2.05) is 0 Å². The van der Waals surface area contributed by atoms with E-state index in [0.29, 0.717) is 6.54 Å². The monoisotopic (exact) mass is 252 g/mol. The summed E-state index contributed by atoms with van der Waals surface area (Å²) in [5, 5.41) is 0.116. The Hall–Kier alpha value is -0.350. The molecule has 1 aromatic rings. The molecule has 15 heavy (non-hydrogen) atoms. The van der Waals surface area contributed by atoms with Gasteiger partial charge in [-0.15, -0.1) is 12.4 Å². The van der Waals surface area contributed by atoms with Gasteiger partial charge in [-0.3, -0.25) is 0 Å². The largest absolute Gasteiger partial charge is 0.330 e.